The molecule has 0 radical (unpaired) electrons. The summed E-state index contributed by atoms with van der Waals surface area (Å²) in [6.07, 6.45) is 2.79. The molecular formula is C31H33Cl2N5O3. The molecule has 0 saturated carbocycles. The largest absolute Gasteiger partial charge is 0.491 e. The molecule has 2 saturated heterocycles. The highest BCUT2D eigenvalue weighted by Crippen LogP contribution is 2.40. The minimum atomic E-state index is -1.13. The average Bonchev–Trinajstić information content (AvgIpc) is 3.64. The Balaban J connectivity index is 1.03. The smallest absolute Gasteiger partial charge is 0.217 e. The van der Waals surface area contributed by atoms with Gasteiger partial charge >= 0.3 is 0 Å². The number of hydrogen-bond donors (Lipinski definition) is 0. The van der Waals surface area contributed by atoms with Crippen LogP contribution in [-0.2, 0) is 28.4 Å². The number of aryl methyl sites for hydroxylation is 1. The molecule has 0 amide bonds. The zero-order chi connectivity index (χ0) is 28.2. The lowest BCUT2D eigenvalue weighted by Gasteiger charge is -2.36. The maximum atomic E-state index is 6.56. The molecule has 0 bridgehead atoms. The van der Waals surface area contributed by atoms with Crippen molar-refractivity contribution in [1.82, 2.24) is 19.7 Å². The van der Waals surface area contributed by atoms with Gasteiger partial charge in [-0.15, -0.1) is 0 Å². The molecule has 2 fully saturated rings. The molecule has 0 spiro atoms. The second kappa shape index (κ2) is 12.4. The lowest BCUT2D eigenvalue weighted by molar-refractivity contribution is -0.190. The van der Waals surface area contributed by atoms with Crippen LogP contribution in [0, 0.1) is 6.92 Å². The molecule has 1 aromatic heterocycles. The number of piperazine rings is 1. The molecule has 8 nitrogen and oxygen atoms in total. The van der Waals surface area contributed by atoms with Crippen LogP contribution in [0.25, 0.3) is 0 Å². The zero-order valence-electron chi connectivity index (χ0n) is 23.0. The Kier molecular flexibility index (Phi) is 8.46. The highest BCUT2D eigenvalue weighted by molar-refractivity contribution is 6.35. The number of nitrogens with zero attached hydrogens (tertiary/aromatic N) is 5. The summed E-state index contributed by atoms with van der Waals surface area (Å²) in [5, 5.41) is 5.23. The van der Waals surface area contributed by atoms with Gasteiger partial charge in [0, 0.05) is 49.0 Å². The highest BCUT2D eigenvalue weighted by atomic mass is 35.5. The van der Waals surface area contributed by atoms with E-state index in [1.807, 2.05) is 18.2 Å². The van der Waals surface area contributed by atoms with E-state index >= 15 is 0 Å². The number of halogens is 2. The highest BCUT2D eigenvalue weighted by Gasteiger charge is 2.45. The molecule has 10 heteroatoms. The Bertz CT molecular complexity index is 1430. The summed E-state index contributed by atoms with van der Waals surface area (Å²) >= 11 is 12.7. The van der Waals surface area contributed by atoms with Crippen molar-refractivity contribution in [3.63, 3.8) is 0 Å². The first-order valence-corrected chi connectivity index (χ1v) is 14.6. The monoisotopic (exact) mass is 593 g/mol. The minimum Gasteiger partial charge on any atom is -0.491 e. The average molecular weight is 595 g/mol. The van der Waals surface area contributed by atoms with E-state index in [9.17, 15) is 0 Å². The molecule has 41 heavy (non-hydrogen) atoms. The fraction of sp³-hybridized carbons (Fsp3) is 0.355. The first-order valence-electron chi connectivity index (χ1n) is 13.8. The Morgan fingerprint density at radius 3 is 2.46 bits per heavy atom. The van der Waals surface area contributed by atoms with Crippen molar-refractivity contribution in [2.45, 2.75) is 31.9 Å². The van der Waals surface area contributed by atoms with Crippen LogP contribution in [0.4, 0.5) is 5.69 Å². The molecule has 3 aromatic carbocycles. The second-order valence-electron chi connectivity index (χ2n) is 10.6. The van der Waals surface area contributed by atoms with E-state index < -0.39 is 5.79 Å². The van der Waals surface area contributed by atoms with Crippen LogP contribution in [0.2, 0.25) is 10.0 Å². The van der Waals surface area contributed by atoms with Crippen molar-refractivity contribution in [1.29, 1.82) is 0 Å². The maximum Gasteiger partial charge on any atom is 0.217 e. The predicted octanol–water partition coefficient (Wildman–Crippen LogP) is 5.56. The lowest BCUT2D eigenvalue weighted by atomic mass is 10.1. The molecular weight excluding hydrogens is 561 g/mol. The van der Waals surface area contributed by atoms with Gasteiger partial charge < -0.3 is 19.1 Å². The SMILES string of the molecule is Cc1ccc(CN2CCN(c3ccc(OC[C@@H]4CO[C@@](Cn5cncn5)(c5ccc(Cl)cc5Cl)O4)cc3)CC2)cc1. The van der Waals surface area contributed by atoms with E-state index in [4.69, 9.17) is 37.4 Å². The summed E-state index contributed by atoms with van der Waals surface area (Å²) in [7, 11) is 0. The molecule has 2 aliphatic heterocycles. The van der Waals surface area contributed by atoms with Crippen LogP contribution in [0.1, 0.15) is 16.7 Å². The summed E-state index contributed by atoms with van der Waals surface area (Å²) in [4.78, 5) is 8.99. The standard InChI is InChI=1S/C31H33Cl2N5O3/c1-23-2-4-24(5-3-23)17-36-12-14-37(15-13-36)26-7-9-27(10-8-26)39-18-28-19-40-31(41-28,20-38-22-34-21-35-38)29-11-6-25(32)16-30(29)33/h2-11,16,21-22,28H,12-15,17-20H2,1H3/t28-,31-/m1/s1. The fourth-order valence-corrected chi connectivity index (χ4v) is 5.89. The van der Waals surface area contributed by atoms with Gasteiger partial charge in [-0.3, -0.25) is 4.90 Å². The van der Waals surface area contributed by atoms with Crippen molar-refractivity contribution >= 4 is 28.9 Å². The van der Waals surface area contributed by atoms with Gasteiger partial charge in [-0.25, -0.2) is 9.67 Å². The van der Waals surface area contributed by atoms with Crippen molar-refractivity contribution < 1.29 is 14.2 Å². The molecule has 2 aliphatic rings. The van der Waals surface area contributed by atoms with Crippen LogP contribution in [0.5, 0.6) is 5.75 Å². The topological polar surface area (TPSA) is 64.9 Å². The van der Waals surface area contributed by atoms with E-state index in [0.29, 0.717) is 28.8 Å². The van der Waals surface area contributed by atoms with Crippen molar-refractivity contribution in [3.05, 3.63) is 106 Å². The number of aromatic nitrogens is 3. The summed E-state index contributed by atoms with van der Waals surface area (Å²) in [6, 6.07) is 22.4. The quantitative estimate of drug-likeness (QED) is 0.251. The van der Waals surface area contributed by atoms with Gasteiger partial charge in [-0.05, 0) is 48.9 Å². The third kappa shape index (κ3) is 6.68. The van der Waals surface area contributed by atoms with Crippen molar-refractivity contribution in [3.8, 4) is 5.75 Å². The van der Waals surface area contributed by atoms with Gasteiger partial charge in [0.15, 0.2) is 0 Å². The molecule has 6 rings (SSSR count). The third-order valence-electron chi connectivity index (χ3n) is 7.57. The van der Waals surface area contributed by atoms with Gasteiger partial charge in [0.1, 0.15) is 37.7 Å². The van der Waals surface area contributed by atoms with Crippen LogP contribution in [-0.4, -0.2) is 65.2 Å². The van der Waals surface area contributed by atoms with Crippen LogP contribution in [0.15, 0.2) is 79.4 Å². The molecule has 3 heterocycles. The Morgan fingerprint density at radius 1 is 0.976 bits per heavy atom. The summed E-state index contributed by atoms with van der Waals surface area (Å²) in [5.41, 5.74) is 4.56. The lowest BCUT2D eigenvalue weighted by Crippen LogP contribution is -2.45. The molecule has 0 N–H and O–H groups in total. The van der Waals surface area contributed by atoms with Gasteiger partial charge in [0.25, 0.3) is 0 Å². The normalized spacial score (nSPS) is 21.3. The van der Waals surface area contributed by atoms with Gasteiger partial charge in [-0.2, -0.15) is 5.10 Å². The first-order chi connectivity index (χ1) is 20.0. The maximum absolute atomic E-state index is 6.56. The Labute approximate surface area is 250 Å². The fourth-order valence-electron chi connectivity index (χ4n) is 5.34. The number of rotatable bonds is 9. The minimum absolute atomic E-state index is 0.290. The molecule has 0 aliphatic carbocycles. The summed E-state index contributed by atoms with van der Waals surface area (Å²) < 4.78 is 20.5. The van der Waals surface area contributed by atoms with E-state index in [0.717, 1.165) is 38.5 Å². The van der Waals surface area contributed by atoms with E-state index in [-0.39, 0.29) is 12.6 Å². The van der Waals surface area contributed by atoms with Crippen molar-refractivity contribution in [2.24, 2.45) is 0 Å². The predicted molar refractivity (Wildman–Crippen MR) is 160 cm³/mol. The Morgan fingerprint density at radius 2 is 1.76 bits per heavy atom. The number of benzene rings is 3. The first kappa shape index (κ1) is 28.0. The molecule has 214 valence electrons. The number of ether oxygens (including phenoxy) is 3. The molecule has 2 atom stereocenters. The Hall–Kier alpha value is -3.14. The van der Waals surface area contributed by atoms with Gasteiger partial charge in [0.2, 0.25) is 5.79 Å². The molecule has 4 aromatic rings. The van der Waals surface area contributed by atoms with Crippen LogP contribution >= 0.6 is 23.2 Å². The summed E-state index contributed by atoms with van der Waals surface area (Å²) in [5.74, 6) is -0.344. The number of anilines is 1. The van der Waals surface area contributed by atoms with Crippen LogP contribution in [0.3, 0.4) is 0 Å². The summed E-state index contributed by atoms with van der Waals surface area (Å²) in [6.45, 7) is 8.18. The van der Waals surface area contributed by atoms with E-state index in [2.05, 4.69) is 63.2 Å². The van der Waals surface area contributed by atoms with E-state index in [1.165, 1.54) is 23.1 Å². The molecule has 0 unspecified atom stereocenters. The third-order valence-corrected chi connectivity index (χ3v) is 8.12. The van der Waals surface area contributed by atoms with E-state index in [1.54, 1.807) is 23.1 Å². The number of hydrogen-bond acceptors (Lipinski definition) is 7. The zero-order valence-corrected chi connectivity index (χ0v) is 24.5. The van der Waals surface area contributed by atoms with Crippen LogP contribution < -0.4 is 9.64 Å². The van der Waals surface area contributed by atoms with Gasteiger partial charge in [-0.1, -0.05) is 59.1 Å². The second-order valence-corrected chi connectivity index (χ2v) is 11.4. The van der Waals surface area contributed by atoms with Crippen molar-refractivity contribution in [2.75, 3.05) is 44.3 Å². The van der Waals surface area contributed by atoms with Gasteiger partial charge in [0.05, 0.1) is 11.6 Å².